The lowest BCUT2D eigenvalue weighted by Gasteiger charge is -2.20. The van der Waals surface area contributed by atoms with E-state index in [0.717, 1.165) is 19.3 Å². The normalized spacial score (nSPS) is 18.1. The lowest BCUT2D eigenvalue weighted by atomic mass is 10.0. The fourth-order valence-corrected chi connectivity index (χ4v) is 3.98. The minimum Gasteiger partial charge on any atom is -0.481 e. The first-order valence-electron chi connectivity index (χ1n) is 10.2. The van der Waals surface area contributed by atoms with E-state index in [1.54, 1.807) is 43.8 Å². The molecule has 9 heteroatoms. The Kier molecular flexibility index (Phi) is 6.13. The Morgan fingerprint density at radius 1 is 1.26 bits per heavy atom. The van der Waals surface area contributed by atoms with Gasteiger partial charge in [0.15, 0.2) is 5.82 Å². The molecule has 0 saturated heterocycles. The van der Waals surface area contributed by atoms with Crippen molar-refractivity contribution < 1.29 is 14.3 Å². The van der Waals surface area contributed by atoms with E-state index in [1.165, 1.54) is 18.0 Å². The monoisotopic (exact) mass is 423 g/mol. The van der Waals surface area contributed by atoms with E-state index in [4.69, 9.17) is 9.47 Å². The average Bonchev–Trinajstić information content (AvgIpc) is 3.40. The fourth-order valence-electron chi connectivity index (χ4n) is 3.98. The Bertz CT molecular complexity index is 1110. The quantitative estimate of drug-likeness (QED) is 0.603. The van der Waals surface area contributed by atoms with Gasteiger partial charge in [0, 0.05) is 43.7 Å². The maximum Gasteiger partial charge on any atom is 0.280 e. The minimum absolute atomic E-state index is 0.109. The topological polar surface area (TPSA) is 111 Å². The number of rotatable bonds is 7. The first kappa shape index (κ1) is 20.8. The Balaban J connectivity index is 1.50. The number of H-pyrrole nitrogens is 1. The van der Waals surface area contributed by atoms with E-state index in [1.807, 2.05) is 0 Å². The molecule has 0 aliphatic heterocycles. The molecule has 2 atom stereocenters. The minimum atomic E-state index is -0.258. The average molecular weight is 423 g/mol. The largest absolute Gasteiger partial charge is 0.481 e. The summed E-state index contributed by atoms with van der Waals surface area (Å²) in [5.41, 5.74) is 1.34. The molecule has 1 amide bonds. The van der Waals surface area contributed by atoms with Gasteiger partial charge in [0.25, 0.3) is 11.5 Å². The van der Waals surface area contributed by atoms with E-state index >= 15 is 0 Å². The van der Waals surface area contributed by atoms with Crippen LogP contribution >= 0.6 is 0 Å². The lowest BCUT2D eigenvalue weighted by molar-refractivity contribution is 0.0898. The second-order valence-corrected chi connectivity index (χ2v) is 7.55. The van der Waals surface area contributed by atoms with E-state index in [0.29, 0.717) is 40.9 Å². The van der Waals surface area contributed by atoms with E-state index in [2.05, 4.69) is 20.4 Å². The van der Waals surface area contributed by atoms with Gasteiger partial charge in [-0.1, -0.05) is 6.42 Å². The van der Waals surface area contributed by atoms with E-state index < -0.39 is 0 Å². The number of amides is 1. The number of methoxy groups -OCH3 is 2. The number of carbonyl (C=O) groups excluding carboxylic acids is 1. The molecular weight excluding hydrogens is 398 g/mol. The molecule has 2 N–H and O–H groups in total. The highest BCUT2D eigenvalue weighted by molar-refractivity contribution is 5.94. The molecule has 3 aromatic heterocycles. The number of pyridine rings is 2. The number of hydrogen-bond donors (Lipinski definition) is 2. The van der Waals surface area contributed by atoms with Gasteiger partial charge in [0.05, 0.1) is 24.8 Å². The molecule has 162 valence electrons. The molecule has 3 aromatic rings. The summed E-state index contributed by atoms with van der Waals surface area (Å²) in [5.74, 6) is 0.986. The van der Waals surface area contributed by atoms with Crippen molar-refractivity contribution in [1.82, 2.24) is 25.1 Å². The van der Waals surface area contributed by atoms with Crippen molar-refractivity contribution in [2.75, 3.05) is 20.8 Å². The molecule has 3 heterocycles. The Hall–Kier alpha value is -3.46. The molecule has 0 spiro atoms. The Labute approximate surface area is 179 Å². The number of aromatic nitrogens is 4. The third kappa shape index (κ3) is 4.36. The summed E-state index contributed by atoms with van der Waals surface area (Å²) in [6.45, 7) is 0.642. The van der Waals surface area contributed by atoms with Crippen molar-refractivity contribution in [2.24, 2.45) is 5.92 Å². The summed E-state index contributed by atoms with van der Waals surface area (Å²) in [6, 6.07) is 6.84. The highest BCUT2D eigenvalue weighted by atomic mass is 16.5. The van der Waals surface area contributed by atoms with Crippen LogP contribution in [0.1, 0.15) is 29.6 Å². The second kappa shape index (κ2) is 9.13. The first-order chi connectivity index (χ1) is 15.1. The van der Waals surface area contributed by atoms with Crippen LogP contribution in [-0.4, -0.2) is 52.5 Å². The van der Waals surface area contributed by atoms with Gasteiger partial charge in [0.1, 0.15) is 0 Å². The summed E-state index contributed by atoms with van der Waals surface area (Å²) in [7, 11) is 3.20. The summed E-state index contributed by atoms with van der Waals surface area (Å²) in [4.78, 5) is 33.9. The molecule has 4 rings (SSSR count). The lowest BCUT2D eigenvalue weighted by Crippen LogP contribution is -2.38. The smallest absolute Gasteiger partial charge is 0.280 e. The second-order valence-electron chi connectivity index (χ2n) is 7.55. The van der Waals surface area contributed by atoms with Crippen LogP contribution in [0.15, 0.2) is 47.7 Å². The van der Waals surface area contributed by atoms with Crippen LogP contribution in [0.3, 0.4) is 0 Å². The summed E-state index contributed by atoms with van der Waals surface area (Å²) in [5, 5.41) is 6.00. The zero-order chi connectivity index (χ0) is 21.8. The van der Waals surface area contributed by atoms with Crippen LogP contribution in [-0.2, 0) is 4.74 Å². The standard InChI is InChI=1S/C22H25N5O4/c1-30-13-16-4-3-5-18(16)26-21(28)15-6-7-19(24-11-15)27-22(29)17(12-25-27)14-8-9-23-20(10-14)31-2/h6-12,16,18,25H,3-5,13H2,1-2H3,(H,26,28). The predicted octanol–water partition coefficient (Wildman–Crippen LogP) is 2.18. The summed E-state index contributed by atoms with van der Waals surface area (Å²) in [6.07, 6.45) is 7.75. The first-order valence-corrected chi connectivity index (χ1v) is 10.2. The molecule has 31 heavy (non-hydrogen) atoms. The molecule has 0 radical (unpaired) electrons. The predicted molar refractivity (Wildman–Crippen MR) is 114 cm³/mol. The van der Waals surface area contributed by atoms with Gasteiger partial charge in [-0.15, -0.1) is 0 Å². The SMILES string of the molecule is COCC1CCCC1NC(=O)c1ccc(-n2[nH]cc(-c3ccnc(OC)c3)c2=O)nc1. The third-order valence-electron chi connectivity index (χ3n) is 5.62. The van der Waals surface area contributed by atoms with Gasteiger partial charge >= 0.3 is 0 Å². The summed E-state index contributed by atoms with van der Waals surface area (Å²) < 4.78 is 11.7. The van der Waals surface area contributed by atoms with Gasteiger partial charge in [0.2, 0.25) is 5.88 Å². The van der Waals surface area contributed by atoms with Crippen LogP contribution in [0.25, 0.3) is 16.9 Å². The third-order valence-corrected chi connectivity index (χ3v) is 5.62. The van der Waals surface area contributed by atoms with Crippen LogP contribution in [0.4, 0.5) is 0 Å². The molecule has 0 aromatic carbocycles. The molecule has 9 nitrogen and oxygen atoms in total. The van der Waals surface area contributed by atoms with Crippen molar-refractivity contribution in [1.29, 1.82) is 0 Å². The van der Waals surface area contributed by atoms with Crippen molar-refractivity contribution in [3.63, 3.8) is 0 Å². The van der Waals surface area contributed by atoms with Gasteiger partial charge in [-0.2, -0.15) is 0 Å². The maximum atomic E-state index is 12.9. The highest BCUT2D eigenvalue weighted by Gasteiger charge is 2.28. The number of nitrogens with zero attached hydrogens (tertiary/aromatic N) is 3. The molecule has 0 bridgehead atoms. The number of ether oxygens (including phenoxy) is 2. The Morgan fingerprint density at radius 2 is 2.13 bits per heavy atom. The van der Waals surface area contributed by atoms with Crippen molar-refractivity contribution in [3.05, 3.63) is 58.8 Å². The van der Waals surface area contributed by atoms with Crippen molar-refractivity contribution in [2.45, 2.75) is 25.3 Å². The number of nitrogens with one attached hydrogen (secondary N) is 2. The highest BCUT2D eigenvalue weighted by Crippen LogP contribution is 2.26. The van der Waals surface area contributed by atoms with Gasteiger partial charge in [-0.3, -0.25) is 14.7 Å². The van der Waals surface area contributed by atoms with Crippen molar-refractivity contribution in [3.8, 4) is 22.8 Å². The molecule has 1 aliphatic rings. The number of aromatic amines is 1. The van der Waals surface area contributed by atoms with Gasteiger partial charge < -0.3 is 14.8 Å². The van der Waals surface area contributed by atoms with Crippen LogP contribution in [0.5, 0.6) is 5.88 Å². The maximum absolute atomic E-state index is 12.9. The van der Waals surface area contributed by atoms with Crippen LogP contribution in [0, 0.1) is 5.92 Å². The van der Waals surface area contributed by atoms with Crippen LogP contribution in [0.2, 0.25) is 0 Å². The molecule has 2 unspecified atom stereocenters. The van der Waals surface area contributed by atoms with Crippen LogP contribution < -0.4 is 15.6 Å². The zero-order valence-corrected chi connectivity index (χ0v) is 17.5. The van der Waals surface area contributed by atoms with Crippen molar-refractivity contribution >= 4 is 5.91 Å². The molecule has 1 fully saturated rings. The van der Waals surface area contributed by atoms with Gasteiger partial charge in [-0.05, 0) is 36.6 Å². The number of hydrogen-bond acceptors (Lipinski definition) is 6. The summed E-state index contributed by atoms with van der Waals surface area (Å²) >= 11 is 0. The van der Waals surface area contributed by atoms with E-state index in [9.17, 15) is 9.59 Å². The van der Waals surface area contributed by atoms with Gasteiger partial charge in [-0.25, -0.2) is 14.6 Å². The molecule has 1 saturated carbocycles. The zero-order valence-electron chi connectivity index (χ0n) is 17.5. The number of carbonyl (C=O) groups is 1. The fraction of sp³-hybridized carbons (Fsp3) is 0.364. The molecule has 1 aliphatic carbocycles. The Morgan fingerprint density at radius 3 is 2.87 bits per heavy atom. The molecular formula is C22H25N5O4. The van der Waals surface area contributed by atoms with E-state index in [-0.39, 0.29) is 17.5 Å².